The molecule has 0 aromatic heterocycles. The molecule has 10 nitrogen and oxygen atoms in total. The van der Waals surface area contributed by atoms with E-state index in [1.54, 1.807) is 60.7 Å². The van der Waals surface area contributed by atoms with Gasteiger partial charge in [-0.05, 0) is 11.1 Å². The summed E-state index contributed by atoms with van der Waals surface area (Å²) >= 11 is 0. The fraction of sp³-hybridized carbons (Fsp3) is 0.273. The van der Waals surface area contributed by atoms with Crippen molar-refractivity contribution >= 4 is 24.0 Å². The van der Waals surface area contributed by atoms with E-state index in [2.05, 4.69) is 10.6 Å². The molecule has 2 aromatic rings. The van der Waals surface area contributed by atoms with Crippen LogP contribution in [0.25, 0.3) is 0 Å². The van der Waals surface area contributed by atoms with Gasteiger partial charge < -0.3 is 30.6 Å². The van der Waals surface area contributed by atoms with Gasteiger partial charge in [0.05, 0.1) is 0 Å². The van der Waals surface area contributed by atoms with E-state index in [4.69, 9.17) is 10.2 Å². The van der Waals surface area contributed by atoms with Gasteiger partial charge in [-0.15, -0.1) is 0 Å². The number of carbonyl (C=O) groups excluding carboxylic acids is 2. The van der Waals surface area contributed by atoms with Crippen LogP contribution in [0.3, 0.4) is 0 Å². The van der Waals surface area contributed by atoms with Crippen molar-refractivity contribution in [3.8, 4) is 0 Å². The molecule has 1 saturated heterocycles. The second-order valence-electron chi connectivity index (χ2n) is 7.24. The minimum Gasteiger partial charge on any atom is -0.465 e. The predicted molar refractivity (Wildman–Crippen MR) is 114 cm³/mol. The van der Waals surface area contributed by atoms with Crippen molar-refractivity contribution in [2.75, 3.05) is 26.2 Å². The molecule has 168 valence electrons. The summed E-state index contributed by atoms with van der Waals surface area (Å²) in [5, 5.41) is 22.8. The van der Waals surface area contributed by atoms with Crippen LogP contribution in [0.15, 0.2) is 60.7 Å². The summed E-state index contributed by atoms with van der Waals surface area (Å²) in [6, 6.07) is 15.0. The van der Waals surface area contributed by atoms with Gasteiger partial charge in [-0.25, -0.2) is 9.59 Å². The molecule has 1 aliphatic heterocycles. The monoisotopic (exact) mass is 440 g/mol. The number of hydrogen-bond donors (Lipinski definition) is 4. The first kappa shape index (κ1) is 22.6. The molecule has 3 rings (SSSR count). The van der Waals surface area contributed by atoms with Crippen LogP contribution in [-0.4, -0.2) is 70.2 Å². The predicted octanol–water partition coefficient (Wildman–Crippen LogP) is 1.68. The maximum absolute atomic E-state index is 13.0. The Hall–Kier alpha value is -4.08. The van der Waals surface area contributed by atoms with Crippen LogP contribution in [0.4, 0.5) is 9.59 Å². The summed E-state index contributed by atoms with van der Waals surface area (Å²) in [5.74, 6) is -0.817. The van der Waals surface area contributed by atoms with E-state index in [1.807, 2.05) is 0 Å². The number of carboxylic acid groups (broad SMARTS) is 2. The van der Waals surface area contributed by atoms with Crippen LogP contribution in [0.5, 0.6) is 0 Å². The Labute approximate surface area is 184 Å². The van der Waals surface area contributed by atoms with Gasteiger partial charge in [-0.2, -0.15) is 0 Å². The fourth-order valence-corrected chi connectivity index (χ4v) is 3.63. The Kier molecular flexibility index (Phi) is 7.27. The number of nitrogens with one attached hydrogen (secondary N) is 2. The van der Waals surface area contributed by atoms with Crippen LogP contribution < -0.4 is 10.6 Å². The highest BCUT2D eigenvalue weighted by Gasteiger charge is 2.33. The van der Waals surface area contributed by atoms with Crippen LogP contribution in [0, 0.1) is 0 Å². The zero-order chi connectivity index (χ0) is 23.1. The van der Waals surface area contributed by atoms with Crippen LogP contribution >= 0.6 is 0 Å². The molecule has 2 atom stereocenters. The molecule has 4 amide bonds. The summed E-state index contributed by atoms with van der Waals surface area (Å²) in [6.07, 6.45) is -2.63. The summed E-state index contributed by atoms with van der Waals surface area (Å²) in [5.41, 5.74) is 1.04. The Balaban J connectivity index is 1.68. The van der Waals surface area contributed by atoms with Crippen molar-refractivity contribution in [1.29, 1.82) is 0 Å². The van der Waals surface area contributed by atoms with Gasteiger partial charge in [0.2, 0.25) is 11.8 Å². The lowest BCUT2D eigenvalue weighted by molar-refractivity contribution is -0.142. The molecule has 2 unspecified atom stereocenters. The van der Waals surface area contributed by atoms with Crippen molar-refractivity contribution in [2.45, 2.75) is 12.1 Å². The number of nitrogens with zero attached hydrogens (tertiary/aromatic N) is 2. The average molecular weight is 440 g/mol. The van der Waals surface area contributed by atoms with E-state index < -0.39 is 36.1 Å². The van der Waals surface area contributed by atoms with E-state index in [0.717, 1.165) is 0 Å². The molecule has 1 heterocycles. The van der Waals surface area contributed by atoms with Gasteiger partial charge >= 0.3 is 12.2 Å². The van der Waals surface area contributed by atoms with Gasteiger partial charge in [0.1, 0.15) is 12.1 Å². The summed E-state index contributed by atoms with van der Waals surface area (Å²) in [7, 11) is 0. The molecule has 0 spiro atoms. The van der Waals surface area contributed by atoms with Gasteiger partial charge in [0, 0.05) is 26.2 Å². The molecule has 4 N–H and O–H groups in total. The topological polar surface area (TPSA) is 139 Å². The summed E-state index contributed by atoms with van der Waals surface area (Å²) < 4.78 is 0. The van der Waals surface area contributed by atoms with Gasteiger partial charge in [0.15, 0.2) is 0 Å². The number of hydrogen-bond acceptors (Lipinski definition) is 4. The third-order valence-corrected chi connectivity index (χ3v) is 5.20. The van der Waals surface area contributed by atoms with Crippen LogP contribution in [0.1, 0.15) is 23.2 Å². The molecule has 32 heavy (non-hydrogen) atoms. The second-order valence-corrected chi connectivity index (χ2v) is 7.24. The number of amides is 4. The van der Waals surface area contributed by atoms with Gasteiger partial charge in [-0.3, -0.25) is 9.59 Å². The smallest absolute Gasteiger partial charge is 0.405 e. The van der Waals surface area contributed by atoms with E-state index in [-0.39, 0.29) is 26.2 Å². The van der Waals surface area contributed by atoms with Crippen LogP contribution in [0.2, 0.25) is 0 Å². The first-order valence-electron chi connectivity index (χ1n) is 10.0. The molecule has 1 aliphatic rings. The van der Waals surface area contributed by atoms with E-state index in [9.17, 15) is 19.2 Å². The lowest BCUT2D eigenvalue weighted by atomic mass is 10.0. The highest BCUT2D eigenvalue weighted by atomic mass is 16.4. The zero-order valence-corrected chi connectivity index (χ0v) is 17.2. The maximum atomic E-state index is 13.0. The highest BCUT2D eigenvalue weighted by molar-refractivity contribution is 5.88. The van der Waals surface area contributed by atoms with Crippen molar-refractivity contribution in [3.63, 3.8) is 0 Å². The molecule has 10 heteroatoms. The Morgan fingerprint density at radius 3 is 1.22 bits per heavy atom. The number of piperazine rings is 1. The largest absolute Gasteiger partial charge is 0.465 e. The molecule has 2 aromatic carbocycles. The van der Waals surface area contributed by atoms with Crippen molar-refractivity contribution in [2.24, 2.45) is 0 Å². The van der Waals surface area contributed by atoms with E-state index >= 15 is 0 Å². The summed E-state index contributed by atoms with van der Waals surface area (Å²) in [6.45, 7) is 0.793. The first-order chi connectivity index (χ1) is 15.4. The lowest BCUT2D eigenvalue weighted by Crippen LogP contribution is -2.55. The Bertz CT molecular complexity index is 881. The number of carbonyl (C=O) groups is 4. The third kappa shape index (κ3) is 5.54. The lowest BCUT2D eigenvalue weighted by Gasteiger charge is -2.37. The molecule has 0 saturated carbocycles. The minimum atomic E-state index is -1.31. The molecule has 0 bridgehead atoms. The standard InChI is InChI=1S/C22H24N4O6/c27-19(17(23-21(29)30)15-7-3-1-4-8-15)25-11-13-26(14-12-25)20(28)18(24-22(31)32)16-9-5-2-6-10-16/h1-10,17-18,23-24H,11-14H2,(H,29,30)(H,31,32). The SMILES string of the molecule is O=C(O)NC(C(=O)N1CCN(C(=O)C(NC(=O)O)c2ccccc2)CC1)c1ccccc1. The van der Waals surface area contributed by atoms with Crippen molar-refractivity contribution in [3.05, 3.63) is 71.8 Å². The highest BCUT2D eigenvalue weighted by Crippen LogP contribution is 2.20. The second kappa shape index (κ2) is 10.3. The fourth-order valence-electron chi connectivity index (χ4n) is 3.63. The molecule has 0 aliphatic carbocycles. The van der Waals surface area contributed by atoms with E-state index in [1.165, 1.54) is 9.80 Å². The first-order valence-corrected chi connectivity index (χ1v) is 10.0. The number of benzene rings is 2. The van der Waals surface area contributed by atoms with E-state index in [0.29, 0.717) is 11.1 Å². The quantitative estimate of drug-likeness (QED) is 0.539. The Morgan fingerprint density at radius 2 is 0.938 bits per heavy atom. The molecular weight excluding hydrogens is 416 g/mol. The molecule has 0 radical (unpaired) electrons. The molecule has 1 fully saturated rings. The summed E-state index contributed by atoms with van der Waals surface area (Å²) in [4.78, 5) is 51.5. The average Bonchev–Trinajstić information content (AvgIpc) is 2.81. The zero-order valence-electron chi connectivity index (χ0n) is 17.2. The maximum Gasteiger partial charge on any atom is 0.405 e. The van der Waals surface area contributed by atoms with Crippen molar-refractivity contribution < 1.29 is 29.4 Å². The van der Waals surface area contributed by atoms with Gasteiger partial charge in [0.25, 0.3) is 0 Å². The van der Waals surface area contributed by atoms with Crippen molar-refractivity contribution in [1.82, 2.24) is 20.4 Å². The number of rotatable bonds is 6. The normalized spacial score (nSPS) is 15.4. The van der Waals surface area contributed by atoms with Crippen LogP contribution in [-0.2, 0) is 9.59 Å². The minimum absolute atomic E-state index is 0.198. The third-order valence-electron chi connectivity index (χ3n) is 5.20. The van der Waals surface area contributed by atoms with Gasteiger partial charge in [-0.1, -0.05) is 60.7 Å². The molecular formula is C22H24N4O6. The Morgan fingerprint density at radius 1 is 0.625 bits per heavy atom.